The molecule has 0 radical (unpaired) electrons. The van der Waals surface area contributed by atoms with Gasteiger partial charge in [-0.1, -0.05) is 6.07 Å². The minimum Gasteiger partial charge on any atom is -0.213 e. The van der Waals surface area contributed by atoms with Crippen molar-refractivity contribution in [2.24, 2.45) is 0 Å². The Bertz CT molecular complexity index is 810. The van der Waals surface area contributed by atoms with E-state index in [9.17, 15) is 16.8 Å². The van der Waals surface area contributed by atoms with Crippen LogP contribution in [0, 0.1) is 0 Å². The third-order valence-corrected chi connectivity index (χ3v) is 7.45. The molecule has 1 heterocycles. The molecule has 0 spiro atoms. The van der Waals surface area contributed by atoms with Crippen molar-refractivity contribution in [3.63, 3.8) is 0 Å². The number of sulfonamides is 2. The smallest absolute Gasteiger partial charge is 0.213 e. The predicted molar refractivity (Wildman–Crippen MR) is 92.8 cm³/mol. The van der Waals surface area contributed by atoms with Gasteiger partial charge in [0.05, 0.1) is 11.2 Å². The molecular formula is C16H24N2O4S2. The van der Waals surface area contributed by atoms with Gasteiger partial charge in [0.1, 0.15) is 0 Å². The summed E-state index contributed by atoms with van der Waals surface area (Å²) in [7, 11) is -6.76. The topological polar surface area (TPSA) is 83.6 Å². The van der Waals surface area contributed by atoms with E-state index in [1.165, 1.54) is 16.3 Å². The number of nitrogens with zero attached hydrogens (tertiary/aromatic N) is 1. The van der Waals surface area contributed by atoms with E-state index in [2.05, 4.69) is 4.72 Å². The minimum absolute atomic E-state index is 0.185. The molecule has 1 fully saturated rings. The predicted octanol–water partition coefficient (Wildman–Crippen LogP) is 1.27. The van der Waals surface area contributed by atoms with Gasteiger partial charge >= 0.3 is 0 Å². The molecule has 134 valence electrons. The Labute approximate surface area is 144 Å². The summed E-state index contributed by atoms with van der Waals surface area (Å²) in [6, 6.07) is 5.29. The highest BCUT2D eigenvalue weighted by Gasteiger charge is 2.30. The molecular weight excluding hydrogens is 348 g/mol. The van der Waals surface area contributed by atoms with Crippen molar-refractivity contribution < 1.29 is 16.8 Å². The molecule has 0 bridgehead atoms. The number of aryl methyl sites for hydroxylation is 2. The lowest BCUT2D eigenvalue weighted by atomic mass is 9.92. The quantitative estimate of drug-likeness (QED) is 0.863. The number of hydrogen-bond acceptors (Lipinski definition) is 4. The van der Waals surface area contributed by atoms with Gasteiger partial charge in [-0.25, -0.2) is 21.6 Å². The van der Waals surface area contributed by atoms with Gasteiger partial charge in [0.15, 0.2) is 0 Å². The molecule has 1 aromatic carbocycles. The summed E-state index contributed by atoms with van der Waals surface area (Å²) in [5.41, 5.74) is 2.41. The molecule has 8 heteroatoms. The number of rotatable bonds is 4. The molecule has 0 saturated carbocycles. The zero-order chi connectivity index (χ0) is 17.4. The standard InChI is InChI=1S/C16H24N2O4S2/c1-23(19,20)17-15-8-10-18(11-9-15)24(21,22)16-7-6-13-4-2-3-5-14(13)12-16/h6-7,12,15,17H,2-5,8-11H2,1H3. The van der Waals surface area contributed by atoms with Crippen LogP contribution in [0.2, 0.25) is 0 Å². The lowest BCUT2D eigenvalue weighted by Gasteiger charge is -2.31. The van der Waals surface area contributed by atoms with Crippen LogP contribution < -0.4 is 4.72 Å². The molecule has 0 unspecified atom stereocenters. The highest BCUT2D eigenvalue weighted by molar-refractivity contribution is 7.89. The highest BCUT2D eigenvalue weighted by atomic mass is 32.2. The summed E-state index contributed by atoms with van der Waals surface area (Å²) in [6.07, 6.45) is 6.37. The van der Waals surface area contributed by atoms with Gasteiger partial charge in [-0.3, -0.25) is 0 Å². The summed E-state index contributed by atoms with van der Waals surface area (Å²) in [5.74, 6) is 0. The average Bonchev–Trinajstić information content (AvgIpc) is 2.53. The molecule has 1 N–H and O–H groups in total. The molecule has 1 saturated heterocycles. The summed E-state index contributed by atoms with van der Waals surface area (Å²) < 4.78 is 52.3. The molecule has 1 aromatic rings. The maximum atomic E-state index is 12.9. The Morgan fingerprint density at radius 3 is 2.25 bits per heavy atom. The Balaban J connectivity index is 1.73. The fraction of sp³-hybridized carbons (Fsp3) is 0.625. The van der Waals surface area contributed by atoms with Gasteiger partial charge in [-0.2, -0.15) is 4.31 Å². The molecule has 0 amide bonds. The first-order chi connectivity index (χ1) is 11.3. The van der Waals surface area contributed by atoms with E-state index < -0.39 is 20.0 Å². The molecule has 6 nitrogen and oxygen atoms in total. The lowest BCUT2D eigenvalue weighted by molar-refractivity contribution is 0.308. The van der Waals surface area contributed by atoms with Crippen LogP contribution in [0.1, 0.15) is 36.8 Å². The van der Waals surface area contributed by atoms with E-state index in [-0.39, 0.29) is 6.04 Å². The molecule has 0 atom stereocenters. The van der Waals surface area contributed by atoms with Crippen LogP contribution in [0.15, 0.2) is 23.1 Å². The van der Waals surface area contributed by atoms with Crippen LogP contribution in [-0.2, 0) is 32.9 Å². The summed E-state index contributed by atoms with van der Waals surface area (Å²) in [6.45, 7) is 0.680. The fourth-order valence-electron chi connectivity index (χ4n) is 3.54. The first-order valence-corrected chi connectivity index (χ1v) is 11.7. The maximum Gasteiger partial charge on any atom is 0.243 e. The van der Waals surface area contributed by atoms with Gasteiger partial charge in [-0.15, -0.1) is 0 Å². The third-order valence-electron chi connectivity index (χ3n) is 4.79. The van der Waals surface area contributed by atoms with Gasteiger partial charge in [0.25, 0.3) is 0 Å². The summed E-state index contributed by atoms with van der Waals surface area (Å²) >= 11 is 0. The van der Waals surface area contributed by atoms with E-state index in [0.29, 0.717) is 30.8 Å². The van der Waals surface area contributed by atoms with Crippen LogP contribution >= 0.6 is 0 Å². The van der Waals surface area contributed by atoms with Crippen LogP contribution in [0.4, 0.5) is 0 Å². The van der Waals surface area contributed by atoms with Crippen molar-refractivity contribution in [3.05, 3.63) is 29.3 Å². The number of fused-ring (bicyclic) bond motifs is 1. The molecule has 1 aliphatic heterocycles. The van der Waals surface area contributed by atoms with Crippen molar-refractivity contribution in [2.45, 2.75) is 49.5 Å². The Morgan fingerprint density at radius 1 is 1.00 bits per heavy atom. The van der Waals surface area contributed by atoms with Gasteiger partial charge in [0, 0.05) is 19.1 Å². The van der Waals surface area contributed by atoms with Crippen LogP contribution in [0.3, 0.4) is 0 Å². The monoisotopic (exact) mass is 372 g/mol. The summed E-state index contributed by atoms with van der Waals surface area (Å²) in [4.78, 5) is 0.359. The van der Waals surface area contributed by atoms with Crippen molar-refractivity contribution in [1.82, 2.24) is 9.03 Å². The zero-order valence-electron chi connectivity index (χ0n) is 13.9. The number of nitrogens with one attached hydrogen (secondary N) is 1. The normalized spacial score (nSPS) is 20.7. The van der Waals surface area contributed by atoms with Crippen molar-refractivity contribution in [2.75, 3.05) is 19.3 Å². The Morgan fingerprint density at radius 2 is 1.62 bits per heavy atom. The average molecular weight is 373 g/mol. The molecule has 0 aromatic heterocycles. The Kier molecular flexibility index (Phi) is 5.01. The molecule has 3 rings (SSSR count). The second-order valence-electron chi connectivity index (χ2n) is 6.71. The molecule has 1 aliphatic carbocycles. The first-order valence-electron chi connectivity index (χ1n) is 8.35. The van der Waals surface area contributed by atoms with Crippen molar-refractivity contribution in [1.29, 1.82) is 0 Å². The van der Waals surface area contributed by atoms with E-state index in [1.807, 2.05) is 12.1 Å². The third kappa shape index (κ3) is 3.99. The molecule has 24 heavy (non-hydrogen) atoms. The maximum absolute atomic E-state index is 12.9. The number of benzene rings is 1. The van der Waals surface area contributed by atoms with E-state index in [4.69, 9.17) is 0 Å². The Hall–Kier alpha value is -0.960. The highest BCUT2D eigenvalue weighted by Crippen LogP contribution is 2.27. The SMILES string of the molecule is CS(=O)(=O)NC1CCN(S(=O)(=O)c2ccc3c(c2)CCCC3)CC1. The van der Waals surface area contributed by atoms with Crippen LogP contribution in [0.5, 0.6) is 0 Å². The van der Waals surface area contributed by atoms with Gasteiger partial charge in [-0.05, 0) is 61.8 Å². The van der Waals surface area contributed by atoms with E-state index >= 15 is 0 Å². The second-order valence-corrected chi connectivity index (χ2v) is 10.4. The van der Waals surface area contributed by atoms with Crippen LogP contribution in [-0.4, -0.2) is 46.5 Å². The number of hydrogen-bond donors (Lipinski definition) is 1. The zero-order valence-corrected chi connectivity index (χ0v) is 15.5. The first kappa shape index (κ1) is 17.8. The van der Waals surface area contributed by atoms with Crippen molar-refractivity contribution in [3.8, 4) is 0 Å². The van der Waals surface area contributed by atoms with E-state index in [1.54, 1.807) is 6.07 Å². The lowest BCUT2D eigenvalue weighted by Crippen LogP contribution is -2.46. The van der Waals surface area contributed by atoms with E-state index in [0.717, 1.165) is 31.1 Å². The second kappa shape index (κ2) is 6.74. The van der Waals surface area contributed by atoms with Gasteiger partial charge in [0.2, 0.25) is 20.0 Å². The summed E-state index contributed by atoms with van der Waals surface area (Å²) in [5, 5.41) is 0. The fourth-order valence-corrected chi connectivity index (χ4v) is 5.90. The van der Waals surface area contributed by atoms with Crippen LogP contribution in [0.25, 0.3) is 0 Å². The minimum atomic E-state index is -3.51. The van der Waals surface area contributed by atoms with Gasteiger partial charge < -0.3 is 0 Å². The van der Waals surface area contributed by atoms with Crippen molar-refractivity contribution >= 4 is 20.0 Å². The largest absolute Gasteiger partial charge is 0.243 e. The molecule has 2 aliphatic rings. The number of piperidine rings is 1.